The average molecular weight is 346 g/mol. The van der Waals surface area contributed by atoms with Gasteiger partial charge in [-0.25, -0.2) is 0 Å². The van der Waals surface area contributed by atoms with Crippen LogP contribution in [0, 0.1) is 11.3 Å². The maximum atomic E-state index is 9.43. The summed E-state index contributed by atoms with van der Waals surface area (Å²) in [4.78, 5) is 0. The van der Waals surface area contributed by atoms with E-state index in [2.05, 4.69) is 6.07 Å². The quantitative estimate of drug-likeness (QED) is 0.420. The minimum atomic E-state index is 0.399. The Balaban J connectivity index is 1.78. The molecule has 3 aromatic carbocycles. The number of allylic oxidation sites excluding steroid dienone is 1. The molecule has 3 rings (SSSR count). The van der Waals surface area contributed by atoms with Gasteiger partial charge < -0.3 is 4.74 Å². The smallest absolute Gasteiger partial charge is 0.120 e. The minimum Gasteiger partial charge on any atom is -0.489 e. The van der Waals surface area contributed by atoms with Crippen LogP contribution >= 0.6 is 11.6 Å². The Bertz CT molecular complexity index is 926. The Morgan fingerprint density at radius 2 is 1.72 bits per heavy atom. The summed E-state index contributed by atoms with van der Waals surface area (Å²) in [5, 5.41) is 10.1. The van der Waals surface area contributed by atoms with Gasteiger partial charge in [0, 0.05) is 10.6 Å². The van der Waals surface area contributed by atoms with Gasteiger partial charge in [-0.1, -0.05) is 72.3 Å². The van der Waals surface area contributed by atoms with Gasteiger partial charge in [0.15, 0.2) is 0 Å². The molecule has 0 spiro atoms. The van der Waals surface area contributed by atoms with Crippen LogP contribution in [-0.2, 0) is 6.61 Å². The van der Waals surface area contributed by atoms with E-state index in [1.807, 2.05) is 84.9 Å². The van der Waals surface area contributed by atoms with E-state index >= 15 is 0 Å². The minimum absolute atomic E-state index is 0.399. The summed E-state index contributed by atoms with van der Waals surface area (Å²) < 4.78 is 5.84. The van der Waals surface area contributed by atoms with Crippen LogP contribution < -0.4 is 4.74 Å². The second-order valence-electron chi connectivity index (χ2n) is 5.49. The van der Waals surface area contributed by atoms with Crippen molar-refractivity contribution in [3.63, 3.8) is 0 Å². The highest BCUT2D eigenvalue weighted by atomic mass is 35.5. The molecule has 25 heavy (non-hydrogen) atoms. The lowest BCUT2D eigenvalue weighted by Gasteiger charge is -2.08. The van der Waals surface area contributed by atoms with Crippen molar-refractivity contribution in [1.82, 2.24) is 0 Å². The molecule has 0 saturated carbocycles. The molecule has 0 unspecified atom stereocenters. The molecule has 0 radical (unpaired) electrons. The van der Waals surface area contributed by atoms with Crippen LogP contribution in [0.2, 0.25) is 5.02 Å². The number of rotatable bonds is 5. The molecule has 0 amide bonds. The van der Waals surface area contributed by atoms with Crippen LogP contribution in [0.1, 0.15) is 16.7 Å². The van der Waals surface area contributed by atoms with Crippen molar-refractivity contribution in [1.29, 1.82) is 5.26 Å². The van der Waals surface area contributed by atoms with E-state index in [-0.39, 0.29) is 0 Å². The van der Waals surface area contributed by atoms with Crippen LogP contribution in [0.25, 0.3) is 11.6 Å². The third kappa shape index (κ3) is 4.50. The fraction of sp³-hybridized carbons (Fsp3) is 0.0455. The second-order valence-corrected chi connectivity index (χ2v) is 5.90. The van der Waals surface area contributed by atoms with E-state index in [0.717, 1.165) is 22.4 Å². The van der Waals surface area contributed by atoms with Gasteiger partial charge in [0.05, 0.1) is 11.6 Å². The zero-order valence-electron chi connectivity index (χ0n) is 13.5. The molecule has 0 saturated heterocycles. The van der Waals surface area contributed by atoms with Gasteiger partial charge in [-0.3, -0.25) is 0 Å². The fourth-order valence-electron chi connectivity index (χ4n) is 2.44. The largest absolute Gasteiger partial charge is 0.489 e. The standard InChI is InChI=1S/C22H16ClNO/c23-22-12-5-4-10-19(22)16-25-21-11-6-7-17(14-21)13-20(15-24)18-8-2-1-3-9-18/h1-14H,16H2/b20-13-. The predicted octanol–water partition coefficient (Wildman–Crippen LogP) is 5.98. The van der Waals surface area contributed by atoms with Crippen molar-refractivity contribution >= 4 is 23.3 Å². The first-order chi connectivity index (χ1) is 12.3. The van der Waals surface area contributed by atoms with Crippen molar-refractivity contribution in [2.24, 2.45) is 0 Å². The number of benzene rings is 3. The first kappa shape index (κ1) is 16.8. The van der Waals surface area contributed by atoms with Crippen molar-refractivity contribution in [2.45, 2.75) is 6.61 Å². The molecule has 0 aliphatic rings. The lowest BCUT2D eigenvalue weighted by atomic mass is 10.0. The number of halogens is 1. The summed E-state index contributed by atoms with van der Waals surface area (Å²) >= 11 is 6.15. The van der Waals surface area contributed by atoms with Crippen LogP contribution in [0.15, 0.2) is 78.9 Å². The van der Waals surface area contributed by atoms with Crippen LogP contribution in [-0.4, -0.2) is 0 Å². The predicted molar refractivity (Wildman–Crippen MR) is 102 cm³/mol. The first-order valence-corrected chi connectivity index (χ1v) is 8.27. The van der Waals surface area contributed by atoms with Gasteiger partial charge in [0.1, 0.15) is 12.4 Å². The average Bonchev–Trinajstić information content (AvgIpc) is 2.66. The summed E-state index contributed by atoms with van der Waals surface area (Å²) in [6, 6.07) is 27.1. The van der Waals surface area contributed by atoms with Gasteiger partial charge in [0.2, 0.25) is 0 Å². The third-order valence-electron chi connectivity index (χ3n) is 3.73. The zero-order valence-corrected chi connectivity index (χ0v) is 14.3. The highest BCUT2D eigenvalue weighted by Crippen LogP contribution is 2.22. The molecule has 0 aliphatic carbocycles. The third-order valence-corrected chi connectivity index (χ3v) is 4.10. The normalized spacial score (nSPS) is 11.0. The van der Waals surface area contributed by atoms with Crippen LogP contribution in [0.5, 0.6) is 5.75 Å². The maximum absolute atomic E-state index is 9.43. The highest BCUT2D eigenvalue weighted by Gasteiger charge is 2.03. The van der Waals surface area contributed by atoms with Crippen LogP contribution in [0.4, 0.5) is 0 Å². The van der Waals surface area contributed by atoms with E-state index in [0.29, 0.717) is 17.2 Å². The van der Waals surface area contributed by atoms with Gasteiger partial charge in [-0.15, -0.1) is 0 Å². The monoisotopic (exact) mass is 345 g/mol. The van der Waals surface area contributed by atoms with E-state index in [1.54, 1.807) is 0 Å². The van der Waals surface area contributed by atoms with Crippen LogP contribution in [0.3, 0.4) is 0 Å². The van der Waals surface area contributed by atoms with Gasteiger partial charge in [0.25, 0.3) is 0 Å². The maximum Gasteiger partial charge on any atom is 0.120 e. The lowest BCUT2D eigenvalue weighted by molar-refractivity contribution is 0.306. The second kappa shape index (κ2) is 8.19. The van der Waals surface area contributed by atoms with E-state index < -0.39 is 0 Å². The molecule has 3 aromatic rings. The fourth-order valence-corrected chi connectivity index (χ4v) is 2.63. The molecular weight excluding hydrogens is 330 g/mol. The molecule has 2 nitrogen and oxygen atoms in total. The summed E-state index contributed by atoms with van der Waals surface area (Å²) in [5.74, 6) is 0.735. The summed E-state index contributed by atoms with van der Waals surface area (Å²) in [5.41, 5.74) is 3.36. The van der Waals surface area contributed by atoms with Crippen molar-refractivity contribution in [2.75, 3.05) is 0 Å². The van der Waals surface area contributed by atoms with E-state index in [1.165, 1.54) is 0 Å². The Kier molecular flexibility index (Phi) is 5.51. The Morgan fingerprint density at radius 3 is 2.48 bits per heavy atom. The highest BCUT2D eigenvalue weighted by molar-refractivity contribution is 6.31. The molecule has 0 heterocycles. The van der Waals surface area contributed by atoms with Crippen molar-refractivity contribution in [3.8, 4) is 11.8 Å². The number of hydrogen-bond donors (Lipinski definition) is 0. The van der Waals surface area contributed by atoms with E-state index in [4.69, 9.17) is 16.3 Å². The zero-order chi connectivity index (χ0) is 17.5. The topological polar surface area (TPSA) is 33.0 Å². The lowest BCUT2D eigenvalue weighted by Crippen LogP contribution is -1.96. The Labute approximate surface area is 152 Å². The molecule has 0 aromatic heterocycles. The molecule has 0 fully saturated rings. The van der Waals surface area contributed by atoms with Crippen molar-refractivity contribution < 1.29 is 4.74 Å². The molecule has 0 atom stereocenters. The number of nitriles is 1. The molecule has 0 bridgehead atoms. The van der Waals surface area contributed by atoms with Gasteiger partial charge in [-0.2, -0.15) is 5.26 Å². The summed E-state index contributed by atoms with van der Waals surface area (Å²) in [7, 11) is 0. The van der Waals surface area contributed by atoms with Gasteiger partial charge >= 0.3 is 0 Å². The first-order valence-electron chi connectivity index (χ1n) is 7.90. The number of nitrogens with zero attached hydrogens (tertiary/aromatic N) is 1. The van der Waals surface area contributed by atoms with Gasteiger partial charge in [-0.05, 0) is 35.4 Å². The molecule has 0 aliphatic heterocycles. The summed E-state index contributed by atoms with van der Waals surface area (Å²) in [6.07, 6.45) is 1.86. The molecule has 0 N–H and O–H groups in total. The van der Waals surface area contributed by atoms with Crippen molar-refractivity contribution in [3.05, 3.63) is 101 Å². The molecular formula is C22H16ClNO. The SMILES string of the molecule is N#C/C(=C/c1cccc(OCc2ccccc2Cl)c1)c1ccccc1. The summed E-state index contributed by atoms with van der Waals surface area (Å²) in [6.45, 7) is 0.399. The molecule has 3 heteroatoms. The molecule has 122 valence electrons. The van der Waals surface area contributed by atoms with E-state index in [9.17, 15) is 5.26 Å². The number of ether oxygens (including phenoxy) is 1. The Hall–Kier alpha value is -3.02. The Morgan fingerprint density at radius 1 is 0.960 bits per heavy atom. The number of hydrogen-bond acceptors (Lipinski definition) is 2.